The molecule has 0 aliphatic rings. The van der Waals surface area contributed by atoms with Gasteiger partial charge in [-0.1, -0.05) is 0 Å². The molecule has 0 heterocycles. The van der Waals surface area contributed by atoms with E-state index in [1.807, 2.05) is 0 Å². The summed E-state index contributed by atoms with van der Waals surface area (Å²) < 4.78 is 1.50. The molecule has 0 N–H and O–H groups in total. The second-order valence-electron chi connectivity index (χ2n) is 1.56. The van der Waals surface area contributed by atoms with Gasteiger partial charge in [-0.05, 0) is 0 Å². The summed E-state index contributed by atoms with van der Waals surface area (Å²) in [7, 11) is 0. The summed E-state index contributed by atoms with van der Waals surface area (Å²) in [5.41, 5.74) is 0. The van der Waals surface area contributed by atoms with Crippen molar-refractivity contribution in [2.75, 3.05) is 0 Å². The molecule has 0 radical (unpaired) electrons. The Bertz CT molecular complexity index is 17.6. The summed E-state index contributed by atoms with van der Waals surface area (Å²) in [5.74, 6) is 0. The van der Waals surface area contributed by atoms with E-state index < -0.39 is 19.8 Å². The van der Waals surface area contributed by atoms with Crippen LogP contribution in [0.25, 0.3) is 0 Å². The van der Waals surface area contributed by atoms with Crippen LogP contribution in [0, 0.1) is 0 Å². The molecular formula is C4H11Sn+. The second kappa shape index (κ2) is 3.01. The Morgan fingerprint density at radius 3 is 1.60 bits per heavy atom. The van der Waals surface area contributed by atoms with Crippen molar-refractivity contribution < 1.29 is 0 Å². The van der Waals surface area contributed by atoms with Crippen LogP contribution in [0.4, 0.5) is 0 Å². The van der Waals surface area contributed by atoms with Gasteiger partial charge in [0.15, 0.2) is 0 Å². The SMILES string of the molecule is C[CH2][Sn+]([CH3])[CH3]. The quantitative estimate of drug-likeness (QED) is 0.536. The molecule has 0 fully saturated rings. The van der Waals surface area contributed by atoms with Crippen molar-refractivity contribution in [3.63, 3.8) is 0 Å². The molecular weight excluding hydrogens is 167 g/mol. The van der Waals surface area contributed by atoms with Crippen molar-refractivity contribution in [1.82, 2.24) is 0 Å². The van der Waals surface area contributed by atoms with Gasteiger partial charge in [0.1, 0.15) is 0 Å². The zero-order valence-corrected chi connectivity index (χ0v) is 7.06. The average Bonchev–Trinajstić information content (AvgIpc) is 1.38. The summed E-state index contributed by atoms with van der Waals surface area (Å²) in [6.45, 7) is 2.29. The fraction of sp³-hybridized carbons (Fsp3) is 1.00. The molecule has 0 saturated carbocycles. The van der Waals surface area contributed by atoms with Crippen molar-refractivity contribution in [3.8, 4) is 0 Å². The van der Waals surface area contributed by atoms with E-state index in [1.54, 1.807) is 0 Å². The van der Waals surface area contributed by atoms with Crippen LogP contribution < -0.4 is 0 Å². The fourth-order valence-electron chi connectivity index (χ4n) is 0. The van der Waals surface area contributed by atoms with Gasteiger partial charge in [-0.15, -0.1) is 0 Å². The van der Waals surface area contributed by atoms with Crippen molar-refractivity contribution in [1.29, 1.82) is 0 Å². The Balaban J connectivity index is 2.54. The van der Waals surface area contributed by atoms with Crippen LogP contribution in [0.2, 0.25) is 14.3 Å². The molecule has 0 bridgehead atoms. The Hall–Kier alpha value is 0.799. The number of hydrogen-bond acceptors (Lipinski definition) is 0. The van der Waals surface area contributed by atoms with E-state index in [0.29, 0.717) is 0 Å². The van der Waals surface area contributed by atoms with E-state index in [4.69, 9.17) is 0 Å². The molecule has 0 saturated heterocycles. The van der Waals surface area contributed by atoms with Gasteiger partial charge in [-0.25, -0.2) is 0 Å². The molecule has 0 aromatic heterocycles. The van der Waals surface area contributed by atoms with Gasteiger partial charge in [0.25, 0.3) is 0 Å². The summed E-state index contributed by atoms with van der Waals surface area (Å²) in [4.78, 5) is 4.84. The molecule has 0 rings (SSSR count). The molecule has 1 heteroatoms. The van der Waals surface area contributed by atoms with Gasteiger partial charge < -0.3 is 0 Å². The molecule has 0 nitrogen and oxygen atoms in total. The predicted octanol–water partition coefficient (Wildman–Crippen LogP) is 1.76. The van der Waals surface area contributed by atoms with E-state index in [9.17, 15) is 0 Å². The van der Waals surface area contributed by atoms with Crippen LogP contribution in [0.1, 0.15) is 6.92 Å². The summed E-state index contributed by atoms with van der Waals surface area (Å²) in [6, 6.07) is 0. The Morgan fingerprint density at radius 1 is 1.40 bits per heavy atom. The van der Waals surface area contributed by atoms with Crippen LogP contribution in [0.15, 0.2) is 0 Å². The number of hydrogen-bond donors (Lipinski definition) is 0. The fourth-order valence-corrected chi connectivity index (χ4v) is 0. The average molecular weight is 178 g/mol. The minimum absolute atomic E-state index is 0.580. The van der Waals surface area contributed by atoms with Crippen LogP contribution >= 0.6 is 0 Å². The first-order valence-electron chi connectivity index (χ1n) is 2.06. The molecule has 0 spiro atoms. The molecule has 30 valence electrons. The Kier molecular flexibility index (Phi) is 3.49. The molecule has 0 atom stereocenters. The van der Waals surface area contributed by atoms with Crippen LogP contribution in [0.5, 0.6) is 0 Å². The molecule has 0 unspecified atom stereocenters. The topological polar surface area (TPSA) is 0 Å². The summed E-state index contributed by atoms with van der Waals surface area (Å²) >= 11 is -0.580. The van der Waals surface area contributed by atoms with E-state index in [1.165, 1.54) is 4.44 Å². The third-order valence-electron chi connectivity index (χ3n) is 0.707. The molecule has 0 aromatic carbocycles. The van der Waals surface area contributed by atoms with Crippen LogP contribution in [0.3, 0.4) is 0 Å². The molecule has 0 aliphatic heterocycles. The molecule has 0 amide bonds. The maximum absolute atomic E-state index is 2.42. The van der Waals surface area contributed by atoms with Crippen molar-refractivity contribution >= 4 is 19.8 Å². The van der Waals surface area contributed by atoms with E-state index >= 15 is 0 Å². The van der Waals surface area contributed by atoms with Gasteiger partial charge in [0.05, 0.1) is 0 Å². The first-order valence-corrected chi connectivity index (χ1v) is 9.79. The third kappa shape index (κ3) is 4.80. The van der Waals surface area contributed by atoms with Crippen molar-refractivity contribution in [3.05, 3.63) is 0 Å². The Labute approximate surface area is 41.3 Å². The Morgan fingerprint density at radius 2 is 1.60 bits per heavy atom. The van der Waals surface area contributed by atoms with Crippen LogP contribution in [-0.4, -0.2) is 19.8 Å². The standard InChI is InChI=1S/C2H5.2CH3.Sn/c1-2;;;/h1H2,2H3;2*1H3;/q;;;+1. The zero-order chi connectivity index (χ0) is 4.28. The molecule has 0 aromatic rings. The van der Waals surface area contributed by atoms with Gasteiger partial charge in [-0.2, -0.15) is 0 Å². The van der Waals surface area contributed by atoms with Crippen LogP contribution in [-0.2, 0) is 0 Å². The first-order chi connectivity index (χ1) is 2.27. The van der Waals surface area contributed by atoms with Crippen molar-refractivity contribution in [2.45, 2.75) is 21.2 Å². The van der Waals surface area contributed by atoms with Crippen molar-refractivity contribution in [2.24, 2.45) is 0 Å². The van der Waals surface area contributed by atoms with E-state index in [2.05, 4.69) is 16.8 Å². The van der Waals surface area contributed by atoms with Gasteiger partial charge >= 0.3 is 41.0 Å². The monoisotopic (exact) mass is 179 g/mol. The zero-order valence-electron chi connectivity index (χ0n) is 4.21. The van der Waals surface area contributed by atoms with E-state index in [0.717, 1.165) is 0 Å². The molecule has 0 aliphatic carbocycles. The van der Waals surface area contributed by atoms with Gasteiger partial charge in [-0.3, -0.25) is 0 Å². The van der Waals surface area contributed by atoms with Gasteiger partial charge in [0.2, 0.25) is 0 Å². The third-order valence-corrected chi connectivity index (χ3v) is 4.74. The minimum atomic E-state index is -0.580. The normalized spacial score (nSPS) is 7.80. The second-order valence-corrected chi connectivity index (χ2v) is 10.5. The van der Waals surface area contributed by atoms with Gasteiger partial charge in [0, 0.05) is 0 Å². The molecule has 5 heavy (non-hydrogen) atoms. The summed E-state index contributed by atoms with van der Waals surface area (Å²) in [5, 5.41) is 0. The summed E-state index contributed by atoms with van der Waals surface area (Å²) in [6.07, 6.45) is 0. The number of rotatable bonds is 1. The predicted molar refractivity (Wildman–Crippen MR) is 28.0 cm³/mol. The van der Waals surface area contributed by atoms with E-state index in [-0.39, 0.29) is 0 Å². The maximum atomic E-state index is 2.42. The first kappa shape index (κ1) is 5.80.